The summed E-state index contributed by atoms with van der Waals surface area (Å²) >= 11 is 3.43. The largest absolute Gasteiger partial charge is 0.322 e. The second-order valence-corrected chi connectivity index (χ2v) is 6.36. The van der Waals surface area contributed by atoms with E-state index in [0.717, 1.165) is 35.4 Å². The third-order valence-corrected chi connectivity index (χ3v) is 4.70. The zero-order valence-electron chi connectivity index (χ0n) is 12.3. The lowest BCUT2D eigenvalue weighted by Gasteiger charge is -2.20. The number of carbonyl (C=O) groups is 1. The highest BCUT2D eigenvalue weighted by molar-refractivity contribution is 9.10. The highest BCUT2D eigenvalue weighted by Gasteiger charge is 2.15. The molecule has 0 radical (unpaired) electrons. The number of nitrogens with one attached hydrogen (secondary N) is 2. The molecule has 3 heterocycles. The highest BCUT2D eigenvalue weighted by Crippen LogP contribution is 2.23. The maximum absolute atomic E-state index is 12.6. The Morgan fingerprint density at radius 3 is 3.13 bits per heavy atom. The van der Waals surface area contributed by atoms with Gasteiger partial charge in [-0.25, -0.2) is 4.98 Å². The van der Waals surface area contributed by atoms with Crippen LogP contribution < -0.4 is 10.6 Å². The van der Waals surface area contributed by atoms with Crippen molar-refractivity contribution in [3.05, 3.63) is 64.0 Å². The molecule has 1 amide bonds. The first-order valence-electron chi connectivity index (χ1n) is 7.48. The average Bonchev–Trinajstić information content (AvgIpc) is 2.96. The van der Waals surface area contributed by atoms with Crippen LogP contribution in [0.3, 0.4) is 0 Å². The molecule has 0 fully saturated rings. The molecule has 0 spiro atoms. The van der Waals surface area contributed by atoms with E-state index in [2.05, 4.69) is 37.6 Å². The first-order chi connectivity index (χ1) is 11.2. The smallest absolute Gasteiger partial charge is 0.257 e. The van der Waals surface area contributed by atoms with Gasteiger partial charge in [0, 0.05) is 18.4 Å². The molecule has 0 atom stereocenters. The molecule has 2 aromatic heterocycles. The molecule has 0 unspecified atom stereocenters. The minimum atomic E-state index is -0.119. The molecule has 3 aromatic rings. The number of hydrogen-bond donors (Lipinski definition) is 2. The molecular formula is C17H15BrN4O. The van der Waals surface area contributed by atoms with Crippen molar-refractivity contribution in [1.82, 2.24) is 14.7 Å². The summed E-state index contributed by atoms with van der Waals surface area (Å²) in [6, 6.07) is 9.70. The van der Waals surface area contributed by atoms with Gasteiger partial charge in [-0.1, -0.05) is 12.1 Å². The van der Waals surface area contributed by atoms with E-state index in [9.17, 15) is 4.79 Å². The summed E-state index contributed by atoms with van der Waals surface area (Å²) in [4.78, 5) is 16.8. The third kappa shape index (κ3) is 2.64. The van der Waals surface area contributed by atoms with Crippen molar-refractivity contribution >= 4 is 33.2 Å². The van der Waals surface area contributed by atoms with Crippen molar-refractivity contribution in [1.29, 1.82) is 0 Å². The highest BCUT2D eigenvalue weighted by atomic mass is 79.9. The van der Waals surface area contributed by atoms with Gasteiger partial charge >= 0.3 is 0 Å². The van der Waals surface area contributed by atoms with Gasteiger partial charge in [0.2, 0.25) is 0 Å². The second-order valence-electron chi connectivity index (χ2n) is 5.55. The first-order valence-corrected chi connectivity index (χ1v) is 8.27. The molecule has 0 bridgehead atoms. The van der Waals surface area contributed by atoms with Crippen molar-refractivity contribution in [3.8, 4) is 0 Å². The third-order valence-electron chi connectivity index (χ3n) is 4.12. The molecule has 0 aliphatic carbocycles. The number of imidazole rings is 1. The van der Waals surface area contributed by atoms with Crippen LogP contribution in [0.25, 0.3) is 5.65 Å². The monoisotopic (exact) mass is 370 g/mol. The molecule has 1 aromatic carbocycles. The van der Waals surface area contributed by atoms with Gasteiger partial charge in [0.15, 0.2) is 0 Å². The predicted octanol–water partition coefficient (Wildman–Crippen LogP) is 2.99. The molecule has 4 rings (SSSR count). The summed E-state index contributed by atoms with van der Waals surface area (Å²) < 4.78 is 2.67. The number of rotatable bonds is 2. The Kier molecular flexibility index (Phi) is 3.63. The van der Waals surface area contributed by atoms with Crippen molar-refractivity contribution in [2.75, 3.05) is 11.9 Å². The van der Waals surface area contributed by atoms with Crippen molar-refractivity contribution in [3.63, 3.8) is 0 Å². The van der Waals surface area contributed by atoms with Crippen molar-refractivity contribution < 1.29 is 4.79 Å². The topological polar surface area (TPSA) is 58.4 Å². The van der Waals surface area contributed by atoms with E-state index in [1.807, 2.05) is 22.6 Å². The molecule has 116 valence electrons. The standard InChI is InChI=1S/C17H15BrN4O/c18-15-9-20-16-5-4-12(10-22(15)16)17(23)21-14-3-1-2-11-6-7-19-8-13(11)14/h1-5,9-10,19H,6-8H2,(H,21,23). The summed E-state index contributed by atoms with van der Waals surface area (Å²) in [5.74, 6) is -0.119. The molecule has 23 heavy (non-hydrogen) atoms. The Balaban J connectivity index is 1.65. The second kappa shape index (κ2) is 5.79. The van der Waals surface area contributed by atoms with Gasteiger partial charge in [0.1, 0.15) is 10.3 Å². The van der Waals surface area contributed by atoms with Crippen molar-refractivity contribution in [2.24, 2.45) is 0 Å². The van der Waals surface area contributed by atoms with Gasteiger partial charge in [0.25, 0.3) is 5.91 Å². The maximum Gasteiger partial charge on any atom is 0.257 e. The van der Waals surface area contributed by atoms with Gasteiger partial charge < -0.3 is 10.6 Å². The van der Waals surface area contributed by atoms with E-state index < -0.39 is 0 Å². The molecular weight excluding hydrogens is 356 g/mol. The molecule has 6 heteroatoms. The van der Waals surface area contributed by atoms with Gasteiger partial charge in [-0.05, 0) is 58.2 Å². The zero-order valence-corrected chi connectivity index (χ0v) is 13.9. The molecule has 2 N–H and O–H groups in total. The lowest BCUT2D eigenvalue weighted by Crippen LogP contribution is -2.25. The van der Waals surface area contributed by atoms with Crippen LogP contribution in [0, 0.1) is 0 Å². The number of fused-ring (bicyclic) bond motifs is 2. The van der Waals surface area contributed by atoms with Gasteiger partial charge in [0.05, 0.1) is 11.8 Å². The SMILES string of the molecule is O=C(Nc1cccc2c1CNCC2)c1ccc2ncc(Br)n2c1. The van der Waals surface area contributed by atoms with Gasteiger partial charge in [-0.2, -0.15) is 0 Å². The van der Waals surface area contributed by atoms with Crippen LogP contribution >= 0.6 is 15.9 Å². The van der Waals surface area contributed by atoms with E-state index >= 15 is 0 Å². The number of aromatic nitrogens is 2. The molecule has 1 aliphatic heterocycles. The summed E-state index contributed by atoms with van der Waals surface area (Å²) in [6.45, 7) is 1.77. The Hall–Kier alpha value is -2.18. The zero-order chi connectivity index (χ0) is 15.8. The predicted molar refractivity (Wildman–Crippen MR) is 92.7 cm³/mol. The van der Waals surface area contributed by atoms with Crippen molar-refractivity contribution in [2.45, 2.75) is 13.0 Å². The molecule has 0 saturated carbocycles. The number of anilines is 1. The van der Waals surface area contributed by atoms with Crippen LogP contribution in [0.4, 0.5) is 5.69 Å². The lowest BCUT2D eigenvalue weighted by molar-refractivity contribution is 0.102. The number of hydrogen-bond acceptors (Lipinski definition) is 3. The van der Waals surface area contributed by atoms with Crippen LogP contribution in [-0.4, -0.2) is 21.8 Å². The number of pyridine rings is 1. The Labute approximate surface area is 141 Å². The number of benzene rings is 1. The molecule has 0 saturated heterocycles. The lowest BCUT2D eigenvalue weighted by atomic mass is 9.99. The summed E-state index contributed by atoms with van der Waals surface area (Å²) in [5.41, 5.74) is 4.75. The maximum atomic E-state index is 12.6. The normalized spacial score (nSPS) is 13.8. The number of nitrogens with zero attached hydrogens (tertiary/aromatic N) is 2. The van der Waals surface area contributed by atoms with Gasteiger partial charge in [-0.15, -0.1) is 0 Å². The number of amides is 1. The fourth-order valence-electron chi connectivity index (χ4n) is 2.91. The fraction of sp³-hybridized carbons (Fsp3) is 0.176. The van der Waals surface area contributed by atoms with Crippen LogP contribution in [0.2, 0.25) is 0 Å². The quantitative estimate of drug-likeness (QED) is 0.728. The Bertz CT molecular complexity index is 903. The van der Waals surface area contributed by atoms with E-state index in [1.54, 1.807) is 18.5 Å². The van der Waals surface area contributed by atoms with E-state index in [1.165, 1.54) is 11.1 Å². The number of carbonyl (C=O) groups excluding carboxylic acids is 1. The fourth-order valence-corrected chi connectivity index (χ4v) is 3.30. The van der Waals surface area contributed by atoms with E-state index in [4.69, 9.17) is 0 Å². The minimum absolute atomic E-state index is 0.119. The summed E-state index contributed by atoms with van der Waals surface area (Å²) in [5, 5.41) is 6.39. The molecule has 1 aliphatic rings. The Morgan fingerprint density at radius 1 is 1.30 bits per heavy atom. The van der Waals surface area contributed by atoms with Crippen LogP contribution in [0.5, 0.6) is 0 Å². The van der Waals surface area contributed by atoms with Crippen LogP contribution in [0.15, 0.2) is 47.3 Å². The average molecular weight is 371 g/mol. The molecule has 5 nitrogen and oxygen atoms in total. The van der Waals surface area contributed by atoms with E-state index in [0.29, 0.717) is 5.56 Å². The first kappa shape index (κ1) is 14.4. The number of halogens is 1. The van der Waals surface area contributed by atoms with Gasteiger partial charge in [-0.3, -0.25) is 9.20 Å². The summed E-state index contributed by atoms with van der Waals surface area (Å²) in [7, 11) is 0. The minimum Gasteiger partial charge on any atom is -0.322 e. The Morgan fingerprint density at radius 2 is 2.22 bits per heavy atom. The van der Waals surface area contributed by atoms with E-state index in [-0.39, 0.29) is 5.91 Å². The summed E-state index contributed by atoms with van der Waals surface area (Å²) in [6.07, 6.45) is 4.50. The van der Waals surface area contributed by atoms with Crippen LogP contribution in [-0.2, 0) is 13.0 Å². The van der Waals surface area contributed by atoms with Crippen LogP contribution in [0.1, 0.15) is 21.5 Å².